The number of benzene rings is 1. The van der Waals surface area contributed by atoms with Crippen molar-refractivity contribution in [1.82, 2.24) is 14.9 Å². The third-order valence-corrected chi connectivity index (χ3v) is 6.40. The number of thioether (sulfide) groups is 1. The summed E-state index contributed by atoms with van der Waals surface area (Å²) < 4.78 is 0. The molecule has 1 N–H and O–H groups in total. The molecule has 4 heteroatoms. The second-order valence-corrected chi connectivity index (χ2v) is 9.27. The van der Waals surface area contributed by atoms with Gasteiger partial charge in [-0.15, -0.1) is 0 Å². The molecule has 0 bridgehead atoms. The summed E-state index contributed by atoms with van der Waals surface area (Å²) >= 11 is 1.85. The van der Waals surface area contributed by atoms with E-state index in [4.69, 9.17) is 4.98 Å². The molecule has 3 nitrogen and oxygen atoms in total. The van der Waals surface area contributed by atoms with Crippen molar-refractivity contribution in [2.24, 2.45) is 0 Å². The topological polar surface area (TPSA) is 31.9 Å². The van der Waals surface area contributed by atoms with Gasteiger partial charge in [0.25, 0.3) is 0 Å². The van der Waals surface area contributed by atoms with Gasteiger partial charge < -0.3 is 4.98 Å². The number of aryl methyl sites for hydroxylation is 1. The van der Waals surface area contributed by atoms with Gasteiger partial charge in [-0.3, -0.25) is 4.90 Å². The van der Waals surface area contributed by atoms with Gasteiger partial charge in [0, 0.05) is 23.4 Å². The summed E-state index contributed by atoms with van der Waals surface area (Å²) in [7, 11) is 0. The van der Waals surface area contributed by atoms with Gasteiger partial charge in [0.15, 0.2) is 5.16 Å². The van der Waals surface area contributed by atoms with Crippen molar-refractivity contribution in [3.05, 3.63) is 23.8 Å². The summed E-state index contributed by atoms with van der Waals surface area (Å²) in [5, 5.41) is 1.05. The summed E-state index contributed by atoms with van der Waals surface area (Å²) in [4.78, 5) is 11.0. The molecule has 0 saturated carbocycles. The summed E-state index contributed by atoms with van der Waals surface area (Å²) in [5.41, 5.74) is 4.22. The largest absolute Gasteiger partial charge is 0.333 e. The van der Waals surface area contributed by atoms with Crippen molar-refractivity contribution in [2.75, 3.05) is 12.3 Å². The molecule has 1 saturated heterocycles. The zero-order chi connectivity index (χ0) is 17.4. The molecule has 1 aromatic carbocycles. The lowest BCUT2D eigenvalue weighted by Gasteiger charge is -2.53. The quantitative estimate of drug-likeness (QED) is 0.750. The van der Waals surface area contributed by atoms with E-state index in [1.54, 1.807) is 0 Å². The summed E-state index contributed by atoms with van der Waals surface area (Å²) in [6.07, 6.45) is 4.96. The van der Waals surface area contributed by atoms with E-state index in [2.05, 4.69) is 62.7 Å². The molecule has 0 spiro atoms. The average molecular weight is 346 g/mol. The van der Waals surface area contributed by atoms with Crippen molar-refractivity contribution in [3.8, 4) is 0 Å². The Morgan fingerprint density at radius 1 is 1.17 bits per heavy atom. The van der Waals surface area contributed by atoms with Gasteiger partial charge in [0.1, 0.15) is 0 Å². The fraction of sp³-hybridized carbons (Fsp3) is 0.650. The lowest BCUT2D eigenvalue weighted by Crippen LogP contribution is -2.59. The van der Waals surface area contributed by atoms with Crippen molar-refractivity contribution < 1.29 is 0 Å². The van der Waals surface area contributed by atoms with E-state index in [0.717, 1.165) is 34.9 Å². The summed E-state index contributed by atoms with van der Waals surface area (Å²) in [6.45, 7) is 12.9. The summed E-state index contributed by atoms with van der Waals surface area (Å²) in [5.74, 6) is 1.08. The molecule has 3 rings (SSSR count). The van der Waals surface area contributed by atoms with Crippen molar-refractivity contribution in [2.45, 2.75) is 76.5 Å². The van der Waals surface area contributed by atoms with Gasteiger partial charge in [-0.25, -0.2) is 4.98 Å². The number of H-pyrrole nitrogens is 1. The smallest absolute Gasteiger partial charge is 0.166 e. The lowest BCUT2D eigenvalue weighted by molar-refractivity contribution is -0.0209. The minimum absolute atomic E-state index is 0.297. The van der Waals surface area contributed by atoms with E-state index in [0.29, 0.717) is 11.1 Å². The maximum Gasteiger partial charge on any atom is 0.166 e. The number of rotatable bonds is 5. The van der Waals surface area contributed by atoms with Crippen LogP contribution in [0, 0.1) is 0 Å². The predicted octanol–water partition coefficient (Wildman–Crippen LogP) is 5.26. The summed E-state index contributed by atoms with van der Waals surface area (Å²) in [6, 6.07) is 6.42. The molecule has 1 aliphatic rings. The number of likely N-dealkylation sites (tertiary alicyclic amines) is 1. The highest BCUT2D eigenvalue weighted by Crippen LogP contribution is 2.38. The van der Waals surface area contributed by atoms with E-state index < -0.39 is 0 Å². The van der Waals surface area contributed by atoms with Gasteiger partial charge >= 0.3 is 0 Å². The Morgan fingerprint density at radius 3 is 2.54 bits per heavy atom. The molecular weight excluding hydrogens is 314 g/mol. The maximum absolute atomic E-state index is 4.83. The van der Waals surface area contributed by atoms with Crippen molar-refractivity contribution in [1.29, 1.82) is 0 Å². The first-order chi connectivity index (χ1) is 11.3. The van der Waals surface area contributed by atoms with Crippen LogP contribution in [-0.4, -0.2) is 38.2 Å². The molecule has 132 valence electrons. The van der Waals surface area contributed by atoms with E-state index in [1.165, 1.54) is 24.8 Å². The van der Waals surface area contributed by atoms with Crippen LogP contribution >= 0.6 is 11.8 Å². The zero-order valence-corrected chi connectivity index (χ0v) is 16.6. The SMILES string of the molecule is CCc1cccc2[nH]c(SCCN3C(C)(C)CCCC3(C)C)nc12. The van der Waals surface area contributed by atoms with Crippen molar-refractivity contribution in [3.63, 3.8) is 0 Å². The molecule has 0 aliphatic carbocycles. The van der Waals surface area contributed by atoms with E-state index in [1.807, 2.05) is 11.8 Å². The Labute approximate surface area is 150 Å². The second kappa shape index (κ2) is 6.72. The molecule has 1 aromatic heterocycles. The fourth-order valence-electron chi connectivity index (χ4n) is 4.30. The van der Waals surface area contributed by atoms with Crippen LogP contribution in [0.25, 0.3) is 11.0 Å². The number of para-hydroxylation sites is 1. The van der Waals surface area contributed by atoms with Crippen LogP contribution in [0.5, 0.6) is 0 Å². The zero-order valence-electron chi connectivity index (χ0n) is 15.8. The van der Waals surface area contributed by atoms with Crippen LogP contribution in [-0.2, 0) is 6.42 Å². The predicted molar refractivity (Wildman–Crippen MR) is 105 cm³/mol. The molecular formula is C20H31N3S. The Morgan fingerprint density at radius 2 is 1.88 bits per heavy atom. The first-order valence-corrected chi connectivity index (χ1v) is 10.2. The second-order valence-electron chi connectivity index (χ2n) is 8.19. The van der Waals surface area contributed by atoms with Gasteiger partial charge in [0.05, 0.1) is 11.0 Å². The molecule has 0 radical (unpaired) electrons. The van der Waals surface area contributed by atoms with Crippen LogP contribution in [0.3, 0.4) is 0 Å². The van der Waals surface area contributed by atoms with Crippen LogP contribution in [0.4, 0.5) is 0 Å². The minimum Gasteiger partial charge on any atom is -0.333 e. The highest BCUT2D eigenvalue weighted by Gasteiger charge is 2.40. The standard InChI is InChI=1S/C20H31N3S/c1-6-15-9-7-10-16-17(15)22-18(21-16)24-14-13-23-19(2,3)11-8-12-20(23,4)5/h7,9-10H,6,8,11-14H2,1-5H3,(H,21,22). The monoisotopic (exact) mass is 345 g/mol. The first-order valence-electron chi connectivity index (χ1n) is 9.22. The number of aromatic amines is 1. The number of piperidine rings is 1. The Bertz CT molecular complexity index is 686. The van der Waals surface area contributed by atoms with E-state index in [9.17, 15) is 0 Å². The molecule has 0 unspecified atom stereocenters. The average Bonchev–Trinajstić information content (AvgIpc) is 2.92. The van der Waals surface area contributed by atoms with Crippen LogP contribution in [0.2, 0.25) is 0 Å². The van der Waals surface area contributed by atoms with Crippen LogP contribution in [0.15, 0.2) is 23.4 Å². The highest BCUT2D eigenvalue weighted by molar-refractivity contribution is 7.99. The third-order valence-electron chi connectivity index (χ3n) is 5.55. The number of hydrogen-bond donors (Lipinski definition) is 1. The number of nitrogens with one attached hydrogen (secondary N) is 1. The number of nitrogens with zero attached hydrogens (tertiary/aromatic N) is 2. The van der Waals surface area contributed by atoms with Gasteiger partial charge in [-0.05, 0) is 65.0 Å². The first kappa shape index (κ1) is 17.8. The molecule has 2 aromatic rings. The van der Waals surface area contributed by atoms with Crippen LogP contribution < -0.4 is 0 Å². The number of fused-ring (bicyclic) bond motifs is 1. The normalized spacial score (nSPS) is 20.5. The fourth-order valence-corrected chi connectivity index (χ4v) is 5.11. The third kappa shape index (κ3) is 3.50. The number of imidazole rings is 1. The Hall–Kier alpha value is -1.00. The molecule has 24 heavy (non-hydrogen) atoms. The van der Waals surface area contributed by atoms with Gasteiger partial charge in [-0.1, -0.05) is 30.8 Å². The Kier molecular flexibility index (Phi) is 4.99. The van der Waals surface area contributed by atoms with E-state index in [-0.39, 0.29) is 0 Å². The molecule has 1 aliphatic heterocycles. The number of aromatic nitrogens is 2. The van der Waals surface area contributed by atoms with Gasteiger partial charge in [0.2, 0.25) is 0 Å². The molecule has 0 amide bonds. The van der Waals surface area contributed by atoms with Crippen LogP contribution in [0.1, 0.15) is 59.4 Å². The van der Waals surface area contributed by atoms with Crippen molar-refractivity contribution >= 4 is 22.8 Å². The maximum atomic E-state index is 4.83. The molecule has 0 atom stereocenters. The molecule has 2 heterocycles. The lowest BCUT2D eigenvalue weighted by atomic mass is 9.80. The minimum atomic E-state index is 0.297. The van der Waals surface area contributed by atoms with E-state index >= 15 is 0 Å². The van der Waals surface area contributed by atoms with Gasteiger partial charge in [-0.2, -0.15) is 0 Å². The molecule has 1 fully saturated rings. The Balaban J connectivity index is 1.68. The highest BCUT2D eigenvalue weighted by atomic mass is 32.2. The number of hydrogen-bond acceptors (Lipinski definition) is 3.